The second-order valence-corrected chi connectivity index (χ2v) is 5.29. The maximum atomic E-state index is 12.8. The molecule has 2 aromatic rings. The van der Waals surface area contributed by atoms with Crippen molar-refractivity contribution >= 4 is 28.9 Å². The minimum Gasteiger partial charge on any atom is -0.465 e. The Balaban J connectivity index is 2.11. The Morgan fingerprint density at radius 2 is 2.00 bits per heavy atom. The summed E-state index contributed by atoms with van der Waals surface area (Å²) in [6.45, 7) is 0. The lowest BCUT2D eigenvalue weighted by Gasteiger charge is -2.05. The van der Waals surface area contributed by atoms with Crippen molar-refractivity contribution in [3.05, 3.63) is 56.4 Å². The van der Waals surface area contributed by atoms with E-state index in [0.717, 1.165) is 17.4 Å². The van der Waals surface area contributed by atoms with Crippen LogP contribution in [0.4, 0.5) is 10.1 Å². The number of carbonyl (C=O) groups is 2. The third-order valence-corrected chi connectivity index (χ3v) is 3.52. The van der Waals surface area contributed by atoms with Crippen LogP contribution in [0.1, 0.15) is 14.7 Å². The summed E-state index contributed by atoms with van der Waals surface area (Å²) in [6, 6.07) is 6.30. The zero-order valence-corrected chi connectivity index (χ0v) is 12.3. The van der Waals surface area contributed by atoms with Crippen molar-refractivity contribution in [3.63, 3.8) is 0 Å². The van der Waals surface area contributed by atoms with Gasteiger partial charge in [-0.15, -0.1) is 11.3 Å². The molecule has 0 bridgehead atoms. The molecule has 1 N–H and O–H groups in total. The van der Waals surface area contributed by atoms with Crippen molar-refractivity contribution < 1.29 is 18.7 Å². The Kier molecular flexibility index (Phi) is 4.95. The summed E-state index contributed by atoms with van der Waals surface area (Å²) in [4.78, 5) is 38.5. The monoisotopic (exact) mass is 322 g/mol. The standard InChI is InChI=1S/C14H11FN2O4S/c1-21-14(20)10-6-11(18)17-13(22-10)7-12(19)16-9-4-2-8(15)3-5-9/h2-6H,7H2,1H3,(H,16,19). The molecule has 1 heterocycles. The van der Waals surface area contributed by atoms with Gasteiger partial charge >= 0.3 is 5.97 Å². The van der Waals surface area contributed by atoms with Crippen LogP contribution < -0.4 is 10.9 Å². The van der Waals surface area contributed by atoms with Crippen LogP contribution in [0.25, 0.3) is 0 Å². The number of halogens is 1. The number of esters is 1. The molecular weight excluding hydrogens is 311 g/mol. The Bertz CT molecular complexity index is 758. The Morgan fingerprint density at radius 1 is 1.32 bits per heavy atom. The third kappa shape index (κ3) is 4.19. The van der Waals surface area contributed by atoms with Gasteiger partial charge in [-0.05, 0) is 24.3 Å². The molecule has 0 fully saturated rings. The predicted molar refractivity (Wildman–Crippen MR) is 78.5 cm³/mol. The van der Waals surface area contributed by atoms with Gasteiger partial charge < -0.3 is 10.1 Å². The fraction of sp³-hybridized carbons (Fsp3) is 0.143. The molecule has 1 amide bonds. The number of nitrogens with zero attached hydrogens (tertiary/aromatic N) is 1. The van der Waals surface area contributed by atoms with Gasteiger partial charge in [0.05, 0.1) is 13.5 Å². The van der Waals surface area contributed by atoms with Crippen molar-refractivity contribution in [2.75, 3.05) is 12.4 Å². The van der Waals surface area contributed by atoms with Crippen LogP contribution >= 0.6 is 11.3 Å². The predicted octanol–water partition coefficient (Wildman–Crippen LogP) is 1.61. The molecule has 0 atom stereocenters. The molecule has 0 radical (unpaired) electrons. The minimum atomic E-state index is -0.662. The van der Waals surface area contributed by atoms with Gasteiger partial charge in [-0.1, -0.05) is 0 Å². The molecule has 0 aliphatic heterocycles. The Hall–Kier alpha value is -2.61. The highest BCUT2D eigenvalue weighted by molar-refractivity contribution is 7.13. The van der Waals surface area contributed by atoms with Crippen molar-refractivity contribution in [2.24, 2.45) is 0 Å². The van der Waals surface area contributed by atoms with E-state index in [2.05, 4.69) is 15.0 Å². The molecule has 0 aliphatic carbocycles. The first-order valence-electron chi connectivity index (χ1n) is 6.13. The van der Waals surface area contributed by atoms with Crippen LogP contribution in [-0.4, -0.2) is 24.0 Å². The van der Waals surface area contributed by atoms with Crippen molar-refractivity contribution in [1.82, 2.24) is 4.98 Å². The number of hydrogen-bond acceptors (Lipinski definition) is 6. The quantitative estimate of drug-likeness (QED) is 0.864. The maximum absolute atomic E-state index is 12.8. The van der Waals surface area contributed by atoms with Gasteiger partial charge in [0.25, 0.3) is 5.56 Å². The van der Waals surface area contributed by atoms with Gasteiger partial charge in [-0.25, -0.2) is 14.2 Å². The zero-order valence-electron chi connectivity index (χ0n) is 11.5. The fourth-order valence-corrected chi connectivity index (χ4v) is 2.52. The minimum absolute atomic E-state index is 0.0760. The fourth-order valence-electron chi connectivity index (χ4n) is 1.60. The number of nitrogens with one attached hydrogen (secondary N) is 1. The zero-order chi connectivity index (χ0) is 16.1. The smallest absolute Gasteiger partial charge is 0.348 e. The summed E-state index contributed by atoms with van der Waals surface area (Å²) < 4.78 is 17.3. The summed E-state index contributed by atoms with van der Waals surface area (Å²) in [5.74, 6) is -1.51. The number of rotatable bonds is 4. The van der Waals surface area contributed by atoms with Crippen LogP contribution in [0.3, 0.4) is 0 Å². The first-order valence-corrected chi connectivity index (χ1v) is 6.94. The van der Waals surface area contributed by atoms with Gasteiger partial charge in [-0.3, -0.25) is 9.59 Å². The van der Waals surface area contributed by atoms with Gasteiger partial charge in [0, 0.05) is 11.8 Å². The lowest BCUT2D eigenvalue weighted by molar-refractivity contribution is -0.115. The summed E-state index contributed by atoms with van der Waals surface area (Å²) in [7, 11) is 1.20. The van der Waals surface area contributed by atoms with Crippen LogP contribution in [0.15, 0.2) is 35.1 Å². The molecule has 0 saturated heterocycles. The molecule has 0 aliphatic rings. The number of methoxy groups -OCH3 is 1. The lowest BCUT2D eigenvalue weighted by Crippen LogP contribution is -2.18. The van der Waals surface area contributed by atoms with Crippen molar-refractivity contribution in [1.29, 1.82) is 0 Å². The molecule has 6 nitrogen and oxygen atoms in total. The van der Waals surface area contributed by atoms with E-state index in [1.807, 2.05) is 0 Å². The molecule has 2 rings (SSSR count). The van der Waals surface area contributed by atoms with E-state index in [-0.39, 0.29) is 16.3 Å². The first-order chi connectivity index (χ1) is 10.5. The van der Waals surface area contributed by atoms with Crippen molar-refractivity contribution in [3.8, 4) is 0 Å². The van der Waals surface area contributed by atoms with E-state index in [4.69, 9.17) is 0 Å². The van der Waals surface area contributed by atoms with Crippen LogP contribution in [-0.2, 0) is 16.0 Å². The molecule has 22 heavy (non-hydrogen) atoms. The van der Waals surface area contributed by atoms with Crippen LogP contribution in [0.2, 0.25) is 0 Å². The molecular formula is C14H11FN2O4S. The summed E-state index contributed by atoms with van der Waals surface area (Å²) >= 11 is 0.904. The SMILES string of the molecule is COC(=O)c1cc(=O)nc(CC(=O)Nc2ccc(F)cc2)s1. The normalized spacial score (nSPS) is 10.1. The molecule has 1 aromatic heterocycles. The van der Waals surface area contributed by atoms with E-state index < -0.39 is 23.3 Å². The van der Waals surface area contributed by atoms with Crippen molar-refractivity contribution in [2.45, 2.75) is 6.42 Å². The van der Waals surface area contributed by atoms with E-state index in [9.17, 15) is 18.8 Å². The van der Waals surface area contributed by atoms with Gasteiger partial charge in [0.15, 0.2) is 0 Å². The van der Waals surface area contributed by atoms with E-state index in [1.165, 1.54) is 31.4 Å². The number of anilines is 1. The maximum Gasteiger partial charge on any atom is 0.348 e. The van der Waals surface area contributed by atoms with E-state index >= 15 is 0 Å². The number of carbonyl (C=O) groups excluding carboxylic acids is 2. The largest absolute Gasteiger partial charge is 0.465 e. The molecule has 0 unspecified atom stereocenters. The highest BCUT2D eigenvalue weighted by atomic mass is 32.1. The summed E-state index contributed by atoms with van der Waals surface area (Å²) in [5, 5.41) is 2.73. The average Bonchev–Trinajstić information content (AvgIpc) is 2.48. The molecule has 1 aromatic carbocycles. The summed E-state index contributed by atoms with van der Waals surface area (Å²) in [5.41, 5.74) is -0.202. The number of aromatic nitrogens is 1. The second-order valence-electron chi connectivity index (χ2n) is 4.18. The van der Waals surface area contributed by atoms with Gasteiger partial charge in [0.2, 0.25) is 5.91 Å². The van der Waals surface area contributed by atoms with Gasteiger partial charge in [-0.2, -0.15) is 0 Å². The third-order valence-electron chi connectivity index (χ3n) is 2.54. The van der Waals surface area contributed by atoms with Crippen LogP contribution in [0, 0.1) is 5.82 Å². The summed E-state index contributed by atoms with van der Waals surface area (Å²) in [6.07, 6.45) is -0.178. The molecule has 114 valence electrons. The van der Waals surface area contributed by atoms with E-state index in [1.54, 1.807) is 0 Å². The lowest BCUT2D eigenvalue weighted by atomic mass is 10.3. The topological polar surface area (TPSA) is 85.4 Å². The highest BCUT2D eigenvalue weighted by Crippen LogP contribution is 2.13. The molecule has 0 spiro atoms. The second kappa shape index (κ2) is 6.90. The molecule has 0 saturated carbocycles. The Labute approximate surface area is 128 Å². The number of hydrogen-bond donors (Lipinski definition) is 1. The van der Waals surface area contributed by atoms with Gasteiger partial charge in [0.1, 0.15) is 15.7 Å². The first kappa shape index (κ1) is 15.8. The number of ether oxygens (including phenoxy) is 1. The average molecular weight is 322 g/mol. The highest BCUT2D eigenvalue weighted by Gasteiger charge is 2.13. The van der Waals surface area contributed by atoms with E-state index in [0.29, 0.717) is 5.69 Å². The number of amides is 1. The molecule has 8 heteroatoms. The van der Waals surface area contributed by atoms with Crippen LogP contribution in [0.5, 0.6) is 0 Å². The number of benzene rings is 1. The Morgan fingerprint density at radius 3 is 2.64 bits per heavy atom.